The number of nitrogens with zero attached hydrogens (tertiary/aromatic N) is 2. The second kappa shape index (κ2) is 9.43. The van der Waals surface area contributed by atoms with Gasteiger partial charge >= 0.3 is 0 Å². The van der Waals surface area contributed by atoms with Gasteiger partial charge in [-0.2, -0.15) is 0 Å². The molecule has 0 bridgehead atoms. The Bertz CT molecular complexity index is 771. The Balaban J connectivity index is 1.35. The van der Waals surface area contributed by atoms with Gasteiger partial charge in [0, 0.05) is 30.9 Å². The predicted octanol–water partition coefficient (Wildman–Crippen LogP) is 3.62. The quantitative estimate of drug-likeness (QED) is 0.576. The molecule has 1 fully saturated rings. The van der Waals surface area contributed by atoms with Gasteiger partial charge in [0.2, 0.25) is 0 Å². The Hall–Kier alpha value is -2.05. The summed E-state index contributed by atoms with van der Waals surface area (Å²) in [6, 6.07) is 13.2. The van der Waals surface area contributed by atoms with E-state index < -0.39 is 0 Å². The number of aliphatic imine (C=N–C) groups is 1. The molecule has 1 saturated heterocycles. The number of ether oxygens (including phenoxy) is 1. The molecule has 0 radical (unpaired) electrons. The van der Waals surface area contributed by atoms with Crippen molar-refractivity contribution in [2.24, 2.45) is 4.99 Å². The van der Waals surface area contributed by atoms with E-state index >= 15 is 0 Å². The Morgan fingerprint density at radius 2 is 2.07 bits per heavy atom. The fraction of sp³-hybridized carbons (Fsp3) is 0.500. The number of fused-ring (bicyclic) bond motifs is 1. The number of benzene rings is 1. The molecular formula is C22H30N4OS. The van der Waals surface area contributed by atoms with E-state index in [9.17, 15) is 0 Å². The minimum atomic E-state index is 0.421. The van der Waals surface area contributed by atoms with E-state index in [2.05, 4.69) is 56.2 Å². The summed E-state index contributed by atoms with van der Waals surface area (Å²) in [6.07, 6.45) is 3.64. The van der Waals surface area contributed by atoms with Crippen LogP contribution in [0.2, 0.25) is 0 Å². The first-order chi connectivity index (χ1) is 13.8. The summed E-state index contributed by atoms with van der Waals surface area (Å²) in [7, 11) is 1.85. The molecule has 2 aliphatic rings. The number of hydrogen-bond donors (Lipinski definition) is 2. The zero-order chi connectivity index (χ0) is 19.2. The normalized spacial score (nSPS) is 21.0. The summed E-state index contributed by atoms with van der Waals surface area (Å²) in [4.78, 5) is 8.49. The monoisotopic (exact) mass is 398 g/mol. The summed E-state index contributed by atoms with van der Waals surface area (Å²) < 4.78 is 5.79. The van der Waals surface area contributed by atoms with Crippen LogP contribution in [0.3, 0.4) is 0 Å². The first-order valence-corrected chi connectivity index (χ1v) is 11.2. The Kier molecular flexibility index (Phi) is 6.49. The molecule has 2 unspecified atom stereocenters. The zero-order valence-corrected chi connectivity index (χ0v) is 17.4. The Morgan fingerprint density at radius 1 is 1.21 bits per heavy atom. The maximum atomic E-state index is 5.79. The van der Waals surface area contributed by atoms with Crippen LogP contribution in [0.5, 0.6) is 5.75 Å². The highest BCUT2D eigenvalue weighted by Gasteiger charge is 2.25. The van der Waals surface area contributed by atoms with Gasteiger partial charge in [-0.25, -0.2) is 0 Å². The molecule has 1 aromatic heterocycles. The van der Waals surface area contributed by atoms with Crippen molar-refractivity contribution in [3.8, 4) is 5.75 Å². The van der Waals surface area contributed by atoms with Crippen molar-refractivity contribution in [3.63, 3.8) is 0 Å². The number of likely N-dealkylation sites (tertiary alicyclic amines) is 1. The molecule has 1 aromatic carbocycles. The highest BCUT2D eigenvalue weighted by molar-refractivity contribution is 7.10. The maximum Gasteiger partial charge on any atom is 0.191 e. The number of para-hydroxylation sites is 1. The standard InChI is InChI=1S/C22H30N4OS/c1-23-22(24-15-17-10-13-27-20-8-3-2-7-18(17)20)25-16-19(21-9-6-14-28-21)26-11-4-5-12-26/h2-3,6-9,14,17,19H,4-5,10-13,15-16H2,1H3,(H2,23,24,25). The second-order valence-electron chi connectivity index (χ2n) is 7.48. The van der Waals surface area contributed by atoms with E-state index in [4.69, 9.17) is 4.74 Å². The van der Waals surface area contributed by atoms with Crippen LogP contribution >= 0.6 is 11.3 Å². The molecule has 0 amide bonds. The van der Waals surface area contributed by atoms with Gasteiger partial charge in [-0.3, -0.25) is 9.89 Å². The average molecular weight is 399 g/mol. The molecule has 2 aromatic rings. The van der Waals surface area contributed by atoms with Crippen LogP contribution in [0.15, 0.2) is 46.8 Å². The van der Waals surface area contributed by atoms with Gasteiger partial charge in [0.05, 0.1) is 12.6 Å². The van der Waals surface area contributed by atoms with Crippen LogP contribution in [0.25, 0.3) is 0 Å². The van der Waals surface area contributed by atoms with Crippen molar-refractivity contribution in [2.45, 2.75) is 31.2 Å². The lowest BCUT2D eigenvalue weighted by molar-refractivity contribution is 0.248. The number of rotatable bonds is 6. The molecule has 2 aliphatic heterocycles. The van der Waals surface area contributed by atoms with Crippen LogP contribution in [-0.4, -0.2) is 50.7 Å². The number of nitrogens with one attached hydrogen (secondary N) is 2. The highest BCUT2D eigenvalue weighted by atomic mass is 32.1. The van der Waals surface area contributed by atoms with Crippen LogP contribution < -0.4 is 15.4 Å². The molecule has 150 valence electrons. The zero-order valence-electron chi connectivity index (χ0n) is 16.6. The molecule has 2 atom stereocenters. The minimum Gasteiger partial charge on any atom is -0.493 e. The van der Waals surface area contributed by atoms with E-state index in [0.717, 1.165) is 37.8 Å². The van der Waals surface area contributed by atoms with E-state index in [1.807, 2.05) is 24.5 Å². The van der Waals surface area contributed by atoms with Gasteiger partial charge in [-0.05, 0) is 55.4 Å². The second-order valence-corrected chi connectivity index (χ2v) is 8.46. The van der Waals surface area contributed by atoms with Crippen molar-refractivity contribution in [1.29, 1.82) is 0 Å². The first kappa shape index (κ1) is 19.3. The maximum absolute atomic E-state index is 5.79. The fourth-order valence-electron chi connectivity index (χ4n) is 4.21. The molecule has 2 N–H and O–H groups in total. The van der Waals surface area contributed by atoms with Crippen LogP contribution in [0.4, 0.5) is 0 Å². The largest absolute Gasteiger partial charge is 0.493 e. The first-order valence-electron chi connectivity index (χ1n) is 10.3. The topological polar surface area (TPSA) is 48.9 Å². The van der Waals surface area contributed by atoms with Gasteiger partial charge in [0.15, 0.2) is 5.96 Å². The summed E-state index contributed by atoms with van der Waals surface area (Å²) in [5.74, 6) is 2.36. The van der Waals surface area contributed by atoms with E-state index in [1.54, 1.807) is 0 Å². The van der Waals surface area contributed by atoms with Crippen LogP contribution in [0, 0.1) is 0 Å². The number of hydrogen-bond acceptors (Lipinski definition) is 4. The lowest BCUT2D eigenvalue weighted by Crippen LogP contribution is -2.44. The molecule has 4 rings (SSSR count). The van der Waals surface area contributed by atoms with E-state index in [-0.39, 0.29) is 0 Å². The SMILES string of the molecule is CN=C(NCC1CCOc2ccccc21)NCC(c1cccs1)N1CCCC1. The van der Waals surface area contributed by atoms with Crippen molar-refractivity contribution < 1.29 is 4.74 Å². The fourth-order valence-corrected chi connectivity index (χ4v) is 5.07. The smallest absolute Gasteiger partial charge is 0.191 e. The molecule has 0 saturated carbocycles. The number of guanidine groups is 1. The van der Waals surface area contributed by atoms with E-state index in [1.165, 1.54) is 36.4 Å². The number of thiophene rings is 1. The molecule has 5 nitrogen and oxygen atoms in total. The molecule has 0 aliphatic carbocycles. The summed E-state index contributed by atoms with van der Waals surface area (Å²) in [5, 5.41) is 9.29. The summed E-state index contributed by atoms with van der Waals surface area (Å²) >= 11 is 1.85. The van der Waals surface area contributed by atoms with Gasteiger partial charge < -0.3 is 15.4 Å². The molecule has 0 spiro atoms. The third-order valence-electron chi connectivity index (χ3n) is 5.74. The summed E-state index contributed by atoms with van der Waals surface area (Å²) in [6.45, 7) is 4.91. The van der Waals surface area contributed by atoms with Gasteiger partial charge in [-0.15, -0.1) is 11.3 Å². The Morgan fingerprint density at radius 3 is 2.86 bits per heavy atom. The van der Waals surface area contributed by atoms with Gasteiger partial charge in [0.25, 0.3) is 0 Å². The lowest BCUT2D eigenvalue weighted by Gasteiger charge is -2.29. The molecule has 28 heavy (non-hydrogen) atoms. The lowest BCUT2D eigenvalue weighted by atomic mass is 9.93. The third-order valence-corrected chi connectivity index (χ3v) is 6.71. The molecular weight excluding hydrogens is 368 g/mol. The Labute approximate surface area is 171 Å². The molecule has 3 heterocycles. The third kappa shape index (κ3) is 4.50. The van der Waals surface area contributed by atoms with Crippen molar-refractivity contribution in [1.82, 2.24) is 15.5 Å². The highest BCUT2D eigenvalue weighted by Crippen LogP contribution is 2.32. The summed E-state index contributed by atoms with van der Waals surface area (Å²) in [5.41, 5.74) is 1.30. The predicted molar refractivity (Wildman–Crippen MR) is 117 cm³/mol. The molecule has 6 heteroatoms. The van der Waals surface area contributed by atoms with Crippen molar-refractivity contribution >= 4 is 17.3 Å². The van der Waals surface area contributed by atoms with Crippen molar-refractivity contribution in [3.05, 3.63) is 52.2 Å². The van der Waals surface area contributed by atoms with Gasteiger partial charge in [-0.1, -0.05) is 24.3 Å². The van der Waals surface area contributed by atoms with Crippen molar-refractivity contribution in [2.75, 3.05) is 39.8 Å². The minimum absolute atomic E-state index is 0.421. The van der Waals surface area contributed by atoms with Crippen LogP contribution in [0.1, 0.15) is 41.7 Å². The van der Waals surface area contributed by atoms with E-state index in [0.29, 0.717) is 12.0 Å². The average Bonchev–Trinajstić information content (AvgIpc) is 3.45. The van der Waals surface area contributed by atoms with Gasteiger partial charge in [0.1, 0.15) is 5.75 Å². The van der Waals surface area contributed by atoms with Crippen LogP contribution in [-0.2, 0) is 0 Å².